The van der Waals surface area contributed by atoms with E-state index in [9.17, 15) is 4.79 Å². The van der Waals surface area contributed by atoms with E-state index in [0.29, 0.717) is 0 Å². The molecule has 4 nitrogen and oxygen atoms in total. The number of aromatic carboxylic acids is 1. The third kappa shape index (κ3) is 1.70. The van der Waals surface area contributed by atoms with Gasteiger partial charge in [0.05, 0.1) is 5.69 Å². The number of aromatic nitrogens is 2. The molecule has 0 aliphatic heterocycles. The van der Waals surface area contributed by atoms with Gasteiger partial charge in [-0.2, -0.15) is 0 Å². The van der Waals surface area contributed by atoms with Crippen molar-refractivity contribution in [3.05, 3.63) is 41.3 Å². The van der Waals surface area contributed by atoms with Crippen molar-refractivity contribution in [3.63, 3.8) is 0 Å². The second-order valence-corrected chi connectivity index (χ2v) is 4.70. The molecule has 1 aliphatic carbocycles. The van der Waals surface area contributed by atoms with Gasteiger partial charge in [-0.3, -0.25) is 0 Å². The van der Waals surface area contributed by atoms with E-state index < -0.39 is 5.97 Å². The molecule has 92 valence electrons. The van der Waals surface area contributed by atoms with Crippen molar-refractivity contribution in [1.29, 1.82) is 0 Å². The third-order valence-corrected chi connectivity index (χ3v) is 3.46. The van der Waals surface area contributed by atoms with Crippen LogP contribution < -0.4 is 0 Å². The highest BCUT2D eigenvalue weighted by atomic mass is 16.4. The van der Waals surface area contributed by atoms with Crippen LogP contribution in [0.2, 0.25) is 0 Å². The zero-order valence-electron chi connectivity index (χ0n) is 10.2. The lowest BCUT2D eigenvalue weighted by Crippen LogP contribution is -2.04. The van der Waals surface area contributed by atoms with E-state index in [1.165, 1.54) is 17.5 Å². The maximum Gasteiger partial charge on any atom is 0.372 e. The fourth-order valence-corrected chi connectivity index (χ4v) is 2.54. The van der Waals surface area contributed by atoms with E-state index in [0.717, 1.165) is 24.1 Å². The topological polar surface area (TPSA) is 55.1 Å². The highest BCUT2D eigenvalue weighted by Gasteiger charge is 2.15. The lowest BCUT2D eigenvalue weighted by molar-refractivity contribution is 0.0680. The summed E-state index contributed by atoms with van der Waals surface area (Å²) in [6, 6.07) is 6.29. The van der Waals surface area contributed by atoms with Gasteiger partial charge in [-0.15, -0.1) is 0 Å². The molecule has 0 bridgehead atoms. The van der Waals surface area contributed by atoms with E-state index in [1.807, 2.05) is 6.07 Å². The molecule has 0 amide bonds. The Hall–Kier alpha value is -2.10. The minimum absolute atomic E-state index is 0.0745. The van der Waals surface area contributed by atoms with Gasteiger partial charge < -0.3 is 9.67 Å². The average Bonchev–Trinajstić information content (AvgIpc) is 2.93. The Labute approximate surface area is 105 Å². The Bertz CT molecular complexity index is 629. The highest BCUT2D eigenvalue weighted by molar-refractivity contribution is 5.84. The van der Waals surface area contributed by atoms with Crippen molar-refractivity contribution >= 4 is 5.97 Å². The number of rotatable bonds is 2. The molecule has 1 aliphatic rings. The molecule has 1 aromatic heterocycles. The molecular formula is C14H14N2O2. The molecule has 0 saturated heterocycles. The number of imidazole rings is 1. The fourth-order valence-electron chi connectivity index (χ4n) is 2.54. The first-order chi connectivity index (χ1) is 8.65. The second kappa shape index (κ2) is 3.98. The van der Waals surface area contributed by atoms with Crippen LogP contribution in [0, 0.1) is 0 Å². The molecule has 1 heterocycles. The monoisotopic (exact) mass is 242 g/mol. The lowest BCUT2D eigenvalue weighted by Gasteiger charge is -2.01. The Morgan fingerprint density at radius 2 is 2.11 bits per heavy atom. The van der Waals surface area contributed by atoms with Crippen molar-refractivity contribution in [2.75, 3.05) is 0 Å². The molecule has 2 aromatic rings. The van der Waals surface area contributed by atoms with Crippen LogP contribution in [0.5, 0.6) is 0 Å². The number of benzene rings is 1. The standard InChI is InChI=1S/C14H14N2O2/c1-16-8-12(15-13(16)14(17)18)11-6-5-9-3-2-4-10(9)7-11/h5-8H,2-4H2,1H3,(H,17,18). The summed E-state index contributed by atoms with van der Waals surface area (Å²) in [5.41, 5.74) is 4.51. The summed E-state index contributed by atoms with van der Waals surface area (Å²) in [4.78, 5) is 15.1. The van der Waals surface area contributed by atoms with Gasteiger partial charge in [0.15, 0.2) is 0 Å². The van der Waals surface area contributed by atoms with E-state index in [-0.39, 0.29) is 5.82 Å². The van der Waals surface area contributed by atoms with Gasteiger partial charge in [-0.05, 0) is 36.5 Å². The molecule has 0 atom stereocenters. The van der Waals surface area contributed by atoms with Crippen LogP contribution in [0.25, 0.3) is 11.3 Å². The van der Waals surface area contributed by atoms with Gasteiger partial charge in [-0.25, -0.2) is 9.78 Å². The molecule has 1 aromatic carbocycles. The SMILES string of the molecule is Cn1cc(-c2ccc3c(c2)CCC3)nc1C(=O)O. The predicted molar refractivity (Wildman–Crippen MR) is 67.6 cm³/mol. The van der Waals surface area contributed by atoms with E-state index in [2.05, 4.69) is 17.1 Å². The number of carboxylic acid groups (broad SMARTS) is 1. The quantitative estimate of drug-likeness (QED) is 0.879. The number of nitrogens with zero attached hydrogens (tertiary/aromatic N) is 2. The lowest BCUT2D eigenvalue weighted by atomic mass is 10.0. The van der Waals surface area contributed by atoms with Gasteiger partial charge in [0, 0.05) is 18.8 Å². The Balaban J connectivity index is 2.05. The van der Waals surface area contributed by atoms with Crippen LogP contribution in [-0.2, 0) is 19.9 Å². The maximum atomic E-state index is 11.0. The Kier molecular flexibility index (Phi) is 2.44. The van der Waals surface area contributed by atoms with E-state index >= 15 is 0 Å². The summed E-state index contributed by atoms with van der Waals surface area (Å²) >= 11 is 0. The van der Waals surface area contributed by atoms with Crippen LogP contribution in [0.3, 0.4) is 0 Å². The molecular weight excluding hydrogens is 228 g/mol. The second-order valence-electron chi connectivity index (χ2n) is 4.70. The van der Waals surface area contributed by atoms with Crippen LogP contribution in [0.4, 0.5) is 0 Å². The zero-order valence-corrected chi connectivity index (χ0v) is 10.2. The van der Waals surface area contributed by atoms with Crippen molar-refractivity contribution < 1.29 is 9.90 Å². The van der Waals surface area contributed by atoms with Gasteiger partial charge in [0.25, 0.3) is 0 Å². The third-order valence-electron chi connectivity index (χ3n) is 3.46. The van der Waals surface area contributed by atoms with Crippen molar-refractivity contribution in [2.24, 2.45) is 7.05 Å². The molecule has 3 rings (SSSR count). The number of fused-ring (bicyclic) bond motifs is 1. The first-order valence-corrected chi connectivity index (χ1v) is 6.04. The van der Waals surface area contributed by atoms with Gasteiger partial charge >= 0.3 is 5.97 Å². The van der Waals surface area contributed by atoms with E-state index in [1.54, 1.807) is 17.8 Å². The van der Waals surface area contributed by atoms with Gasteiger partial charge in [0.2, 0.25) is 5.82 Å². The smallest absolute Gasteiger partial charge is 0.372 e. The van der Waals surface area contributed by atoms with Crippen molar-refractivity contribution in [3.8, 4) is 11.3 Å². The predicted octanol–water partition coefficient (Wildman–Crippen LogP) is 2.27. The highest BCUT2D eigenvalue weighted by Crippen LogP contribution is 2.27. The summed E-state index contributed by atoms with van der Waals surface area (Å²) in [5.74, 6) is -0.921. The summed E-state index contributed by atoms with van der Waals surface area (Å²) in [5, 5.41) is 9.00. The number of hydrogen-bond donors (Lipinski definition) is 1. The number of carboxylic acids is 1. The molecule has 0 unspecified atom stereocenters. The molecule has 0 radical (unpaired) electrons. The zero-order chi connectivity index (χ0) is 12.7. The largest absolute Gasteiger partial charge is 0.475 e. The molecule has 0 spiro atoms. The van der Waals surface area contributed by atoms with Crippen LogP contribution in [0.15, 0.2) is 24.4 Å². The average molecular weight is 242 g/mol. The molecule has 1 N–H and O–H groups in total. The van der Waals surface area contributed by atoms with Gasteiger partial charge in [0.1, 0.15) is 0 Å². The number of carbonyl (C=O) groups is 1. The molecule has 4 heteroatoms. The summed E-state index contributed by atoms with van der Waals surface area (Å²) in [6.07, 6.45) is 5.24. The molecule has 0 saturated carbocycles. The van der Waals surface area contributed by atoms with Crippen molar-refractivity contribution in [2.45, 2.75) is 19.3 Å². The van der Waals surface area contributed by atoms with E-state index in [4.69, 9.17) is 5.11 Å². The van der Waals surface area contributed by atoms with Gasteiger partial charge in [-0.1, -0.05) is 12.1 Å². The van der Waals surface area contributed by atoms with Crippen LogP contribution in [-0.4, -0.2) is 20.6 Å². The Morgan fingerprint density at radius 3 is 2.83 bits per heavy atom. The number of hydrogen-bond acceptors (Lipinski definition) is 2. The maximum absolute atomic E-state index is 11.0. The first kappa shape index (κ1) is 11.0. The molecule has 18 heavy (non-hydrogen) atoms. The molecule has 0 fully saturated rings. The normalized spacial score (nSPS) is 13.6. The minimum Gasteiger partial charge on any atom is -0.475 e. The Morgan fingerprint density at radius 1 is 1.33 bits per heavy atom. The summed E-state index contributed by atoms with van der Waals surface area (Å²) in [7, 11) is 1.70. The van der Waals surface area contributed by atoms with Crippen LogP contribution >= 0.6 is 0 Å². The fraction of sp³-hybridized carbons (Fsp3) is 0.286. The summed E-state index contributed by atoms with van der Waals surface area (Å²) in [6.45, 7) is 0. The number of aryl methyl sites for hydroxylation is 3. The minimum atomic E-state index is -0.995. The summed E-state index contributed by atoms with van der Waals surface area (Å²) < 4.78 is 1.55. The first-order valence-electron chi connectivity index (χ1n) is 6.04. The van der Waals surface area contributed by atoms with Crippen LogP contribution in [0.1, 0.15) is 28.2 Å². The van der Waals surface area contributed by atoms with Crippen molar-refractivity contribution in [1.82, 2.24) is 9.55 Å².